The minimum Gasteiger partial charge on any atom is -0.390 e. The molecule has 1 amide bonds. The van der Waals surface area contributed by atoms with Gasteiger partial charge in [-0.25, -0.2) is 0 Å². The second kappa shape index (κ2) is 31.0. The number of piperidine rings is 2. The van der Waals surface area contributed by atoms with Gasteiger partial charge in [0.25, 0.3) is 0 Å². The van der Waals surface area contributed by atoms with Crippen molar-refractivity contribution in [2.45, 2.75) is 266 Å². The lowest BCUT2D eigenvalue weighted by atomic mass is 9.73. The van der Waals surface area contributed by atoms with Crippen LogP contribution >= 0.6 is 0 Å². The third-order valence-electron chi connectivity index (χ3n) is 16.6. The Bertz CT molecular complexity index is 1100. The van der Waals surface area contributed by atoms with E-state index in [9.17, 15) is 14.7 Å². The van der Waals surface area contributed by atoms with Crippen molar-refractivity contribution in [3.05, 3.63) is 0 Å². The van der Waals surface area contributed by atoms with Gasteiger partial charge in [-0.2, -0.15) is 0 Å². The fraction of sp³-hybridized carbons (Fsp3) is 0.963. The molecule has 4 saturated heterocycles. The summed E-state index contributed by atoms with van der Waals surface area (Å²) in [6.45, 7) is 26.0. The third-order valence-corrected chi connectivity index (χ3v) is 16.6. The van der Waals surface area contributed by atoms with E-state index in [-0.39, 0.29) is 24.0 Å². The lowest BCUT2D eigenvalue weighted by Crippen LogP contribution is -2.49. The maximum Gasteiger partial charge on any atom is 0.228 e. The van der Waals surface area contributed by atoms with Gasteiger partial charge in [-0.05, 0) is 136 Å². The summed E-state index contributed by atoms with van der Waals surface area (Å²) >= 11 is 0. The maximum atomic E-state index is 12.0. The molecule has 1 N–H and O–H groups in total. The summed E-state index contributed by atoms with van der Waals surface area (Å²) in [6.07, 6.45) is 38.5. The number of amides is 1. The number of rotatable bonds is 6. The fourth-order valence-electron chi connectivity index (χ4n) is 12.0. The summed E-state index contributed by atoms with van der Waals surface area (Å²) in [5, 5.41) is 9.68. The van der Waals surface area contributed by atoms with Crippen LogP contribution < -0.4 is 0 Å². The van der Waals surface area contributed by atoms with E-state index in [0.29, 0.717) is 11.7 Å². The first-order valence-electron chi connectivity index (χ1n) is 26.8. The molecule has 8 rings (SSSR count). The molecule has 4 aliphatic heterocycles. The third kappa shape index (κ3) is 18.4. The lowest BCUT2D eigenvalue weighted by Gasteiger charge is -2.39. The highest BCUT2D eigenvalue weighted by atomic mass is 16.3. The lowest BCUT2D eigenvalue weighted by molar-refractivity contribution is -0.137. The van der Waals surface area contributed by atoms with Gasteiger partial charge in [0.2, 0.25) is 5.91 Å². The predicted octanol–water partition coefficient (Wildman–Crippen LogP) is 13.3. The van der Waals surface area contributed by atoms with Crippen molar-refractivity contribution in [1.82, 2.24) is 19.6 Å². The molecule has 8 aliphatic rings. The normalized spacial score (nSPS) is 26.4. The highest BCUT2D eigenvalue weighted by Gasteiger charge is 2.47. The molecule has 2 spiro atoms. The Labute approximate surface area is 380 Å². The molecule has 0 bridgehead atoms. The average Bonchev–Trinajstić information content (AvgIpc) is 3.78. The molecule has 8 fully saturated rings. The molecule has 4 heterocycles. The SMILES string of the molecule is C.CCC1(O)CCCCC1.CCC1CCCCC1.CCN1CCC(=O)C12CCCCC2.CCN1CCC2(CCCCC2)C1=O.CCN1CCCCC1.CCN1CCCCC1C. The van der Waals surface area contributed by atoms with Crippen molar-refractivity contribution in [3.63, 3.8) is 0 Å². The second-order valence-corrected chi connectivity index (χ2v) is 20.3. The van der Waals surface area contributed by atoms with Gasteiger partial charge in [0.1, 0.15) is 0 Å². The molecule has 7 heteroatoms. The van der Waals surface area contributed by atoms with Crippen molar-refractivity contribution in [1.29, 1.82) is 0 Å². The number of hydrogen-bond donors (Lipinski definition) is 1. The first-order chi connectivity index (χ1) is 29.1. The van der Waals surface area contributed by atoms with E-state index in [4.69, 9.17) is 0 Å². The van der Waals surface area contributed by atoms with Gasteiger partial charge < -0.3 is 19.8 Å². The van der Waals surface area contributed by atoms with E-state index in [1.807, 2.05) is 4.90 Å². The van der Waals surface area contributed by atoms with Crippen molar-refractivity contribution in [2.24, 2.45) is 11.3 Å². The van der Waals surface area contributed by atoms with Crippen molar-refractivity contribution < 1.29 is 14.7 Å². The van der Waals surface area contributed by atoms with Crippen LogP contribution in [0.2, 0.25) is 0 Å². The van der Waals surface area contributed by atoms with Crippen LogP contribution in [0.4, 0.5) is 0 Å². The Kier molecular flexibility index (Phi) is 28.5. The predicted molar refractivity (Wildman–Crippen MR) is 264 cm³/mol. The van der Waals surface area contributed by atoms with Crippen LogP contribution in [0, 0.1) is 11.3 Å². The molecule has 0 aromatic carbocycles. The van der Waals surface area contributed by atoms with Crippen molar-refractivity contribution in [2.75, 3.05) is 58.9 Å². The molecule has 1 unspecified atom stereocenters. The monoisotopic (exact) mass is 859 g/mol. The van der Waals surface area contributed by atoms with Gasteiger partial charge in [0.15, 0.2) is 5.78 Å². The Hall–Kier alpha value is -1.02. The van der Waals surface area contributed by atoms with E-state index in [1.165, 1.54) is 168 Å². The van der Waals surface area contributed by atoms with Crippen LogP contribution in [0.3, 0.4) is 0 Å². The molecule has 7 nitrogen and oxygen atoms in total. The Morgan fingerprint density at radius 2 is 1.07 bits per heavy atom. The van der Waals surface area contributed by atoms with E-state index in [1.54, 1.807) is 0 Å². The molecule has 1 atom stereocenters. The van der Waals surface area contributed by atoms with Gasteiger partial charge in [-0.3, -0.25) is 14.5 Å². The molecule has 0 aromatic rings. The largest absolute Gasteiger partial charge is 0.390 e. The number of Topliss-reactive ketones (excluding diaryl/α,β-unsaturated/α-hetero) is 1. The minimum atomic E-state index is -0.280. The molecule has 4 saturated carbocycles. The summed E-state index contributed by atoms with van der Waals surface area (Å²) in [6, 6.07) is 0.851. The zero-order valence-electron chi connectivity index (χ0n) is 41.3. The van der Waals surface area contributed by atoms with Crippen LogP contribution in [0.1, 0.15) is 249 Å². The van der Waals surface area contributed by atoms with E-state index in [2.05, 4.69) is 63.2 Å². The number of aliphatic hydroxyl groups is 1. The highest BCUT2D eigenvalue weighted by Crippen LogP contribution is 2.44. The number of ketones is 1. The van der Waals surface area contributed by atoms with E-state index < -0.39 is 0 Å². The molecular weight excluding hydrogens is 753 g/mol. The molecular formula is C54H106N4O3. The number of likely N-dealkylation sites (tertiary alicyclic amines) is 4. The Morgan fingerprint density at radius 3 is 1.49 bits per heavy atom. The quantitative estimate of drug-likeness (QED) is 0.287. The van der Waals surface area contributed by atoms with Crippen LogP contribution in [-0.2, 0) is 9.59 Å². The molecule has 0 aromatic heterocycles. The van der Waals surface area contributed by atoms with Gasteiger partial charge in [0.05, 0.1) is 16.6 Å². The zero-order valence-corrected chi connectivity index (χ0v) is 41.3. The number of hydrogen-bond acceptors (Lipinski definition) is 6. The zero-order chi connectivity index (χ0) is 43.7. The van der Waals surface area contributed by atoms with Crippen molar-refractivity contribution >= 4 is 11.7 Å². The number of likely N-dealkylation sites (N-methyl/N-ethyl adjacent to an activating group) is 1. The van der Waals surface area contributed by atoms with Crippen LogP contribution in [0.5, 0.6) is 0 Å². The number of nitrogens with zero attached hydrogens (tertiary/aromatic N) is 4. The summed E-state index contributed by atoms with van der Waals surface area (Å²) < 4.78 is 0. The second-order valence-electron chi connectivity index (χ2n) is 20.3. The topological polar surface area (TPSA) is 67.3 Å². The van der Waals surface area contributed by atoms with Crippen LogP contribution in [0.25, 0.3) is 0 Å². The summed E-state index contributed by atoms with van der Waals surface area (Å²) in [5.41, 5.74) is -0.195. The average molecular weight is 859 g/mol. The molecule has 360 valence electrons. The van der Waals surface area contributed by atoms with Crippen LogP contribution in [0.15, 0.2) is 0 Å². The minimum absolute atomic E-state index is 0. The number of carbonyl (C=O) groups is 2. The molecule has 61 heavy (non-hydrogen) atoms. The highest BCUT2D eigenvalue weighted by molar-refractivity contribution is 5.90. The van der Waals surface area contributed by atoms with Gasteiger partial charge in [-0.15, -0.1) is 0 Å². The van der Waals surface area contributed by atoms with E-state index in [0.717, 1.165) is 95.9 Å². The summed E-state index contributed by atoms with van der Waals surface area (Å²) in [7, 11) is 0. The van der Waals surface area contributed by atoms with Gasteiger partial charge >= 0.3 is 0 Å². The standard InChI is InChI=1S/2C11H19NO.C8H17N.C8H16O.C8H16.C7H15N.CH4/c1-2-12-9-6-10(13)11(12)7-4-3-5-8-11;1-2-12-9-8-11(10(12)13)6-4-3-5-7-11;1-3-9-7-5-4-6-8(9)2;1-2-8(9)6-4-3-5-7-8;2*1-2-8-6-4-3-5-7-8;/h2*2-9H2,1H3;8H,3-7H2,1-2H3;9H,2-7H2,1H3;8H,2-7H2,1H3;2-7H2,1H3;1H4. The summed E-state index contributed by atoms with van der Waals surface area (Å²) in [4.78, 5) is 33.4. The number of carbonyl (C=O) groups excluding carboxylic acids is 2. The smallest absolute Gasteiger partial charge is 0.228 e. The summed E-state index contributed by atoms with van der Waals surface area (Å²) in [5.74, 6) is 2.06. The van der Waals surface area contributed by atoms with Gasteiger partial charge in [-0.1, -0.05) is 151 Å². The first-order valence-corrected chi connectivity index (χ1v) is 26.8. The van der Waals surface area contributed by atoms with Crippen molar-refractivity contribution in [3.8, 4) is 0 Å². The first kappa shape index (κ1) is 56.1. The van der Waals surface area contributed by atoms with E-state index >= 15 is 0 Å². The van der Waals surface area contributed by atoms with Crippen LogP contribution in [-0.4, -0.2) is 112 Å². The Balaban J connectivity index is 0.000000254. The fourth-order valence-corrected chi connectivity index (χ4v) is 12.0. The molecule has 0 radical (unpaired) electrons. The van der Waals surface area contributed by atoms with Gasteiger partial charge in [0, 0.05) is 32.1 Å². The maximum absolute atomic E-state index is 12.0. The Morgan fingerprint density at radius 1 is 0.541 bits per heavy atom. The molecule has 4 aliphatic carbocycles.